The molecular formula is C13H19N3O2. The molecule has 0 spiro atoms. The first-order valence-electron chi connectivity index (χ1n) is 6.29. The number of carbonyl (C=O) groups excluding carboxylic acids is 1. The summed E-state index contributed by atoms with van der Waals surface area (Å²) in [7, 11) is 0. The van der Waals surface area contributed by atoms with Gasteiger partial charge >= 0.3 is 0 Å². The van der Waals surface area contributed by atoms with Crippen LogP contribution in [0.2, 0.25) is 0 Å². The van der Waals surface area contributed by atoms with Crippen molar-refractivity contribution in [1.82, 2.24) is 10.3 Å². The van der Waals surface area contributed by atoms with Crippen molar-refractivity contribution >= 4 is 11.6 Å². The number of carbonyl (C=O) groups is 1. The molecule has 18 heavy (non-hydrogen) atoms. The number of ether oxygens (including phenoxy) is 1. The van der Waals surface area contributed by atoms with E-state index < -0.39 is 0 Å². The number of hydrogen-bond acceptors (Lipinski definition) is 4. The second kappa shape index (κ2) is 5.82. The van der Waals surface area contributed by atoms with Crippen LogP contribution in [0.5, 0.6) is 0 Å². The molecule has 1 aliphatic rings. The van der Waals surface area contributed by atoms with E-state index in [-0.39, 0.29) is 5.91 Å². The van der Waals surface area contributed by atoms with Crippen molar-refractivity contribution in [3.05, 3.63) is 23.5 Å². The third-order valence-corrected chi connectivity index (χ3v) is 3.09. The molecule has 0 aliphatic carbocycles. The van der Waals surface area contributed by atoms with E-state index in [9.17, 15) is 4.79 Å². The maximum absolute atomic E-state index is 11.9. The Morgan fingerprint density at radius 3 is 3.17 bits per heavy atom. The van der Waals surface area contributed by atoms with Gasteiger partial charge in [0.1, 0.15) is 0 Å². The van der Waals surface area contributed by atoms with Crippen LogP contribution in [0.3, 0.4) is 0 Å². The molecule has 1 saturated heterocycles. The molecular weight excluding hydrogens is 230 g/mol. The molecule has 1 fully saturated rings. The average Bonchev–Trinajstić information content (AvgIpc) is 2.81. The molecule has 0 radical (unpaired) electrons. The van der Waals surface area contributed by atoms with E-state index in [1.807, 2.05) is 6.92 Å². The Morgan fingerprint density at radius 2 is 2.50 bits per heavy atom. The molecule has 0 bridgehead atoms. The van der Waals surface area contributed by atoms with Gasteiger partial charge in [-0.25, -0.2) is 0 Å². The highest BCUT2D eigenvalue weighted by Gasteiger charge is 2.16. The fourth-order valence-electron chi connectivity index (χ4n) is 2.08. The molecule has 5 nitrogen and oxygen atoms in total. The Bertz CT molecular complexity index is 428. The predicted molar refractivity (Wildman–Crippen MR) is 69.3 cm³/mol. The number of pyridine rings is 1. The van der Waals surface area contributed by atoms with Gasteiger partial charge in [0.05, 0.1) is 11.7 Å². The van der Waals surface area contributed by atoms with Crippen LogP contribution in [0.4, 0.5) is 5.69 Å². The van der Waals surface area contributed by atoms with Crippen molar-refractivity contribution in [2.24, 2.45) is 0 Å². The van der Waals surface area contributed by atoms with Gasteiger partial charge in [0.15, 0.2) is 0 Å². The zero-order valence-corrected chi connectivity index (χ0v) is 10.6. The highest BCUT2D eigenvalue weighted by atomic mass is 16.5. The summed E-state index contributed by atoms with van der Waals surface area (Å²) in [4.78, 5) is 16.0. The number of nitrogen functional groups attached to an aromatic ring is 1. The summed E-state index contributed by atoms with van der Waals surface area (Å²) in [5.41, 5.74) is 7.51. The Morgan fingerprint density at radius 1 is 1.67 bits per heavy atom. The molecule has 98 valence electrons. The lowest BCUT2D eigenvalue weighted by Gasteiger charge is -2.11. The second-order valence-corrected chi connectivity index (χ2v) is 4.59. The summed E-state index contributed by atoms with van der Waals surface area (Å²) in [6.45, 7) is 3.29. The van der Waals surface area contributed by atoms with Crippen molar-refractivity contribution in [1.29, 1.82) is 0 Å². The number of anilines is 1. The van der Waals surface area contributed by atoms with Gasteiger partial charge in [0, 0.05) is 30.7 Å². The Labute approximate surface area is 107 Å². The number of nitrogens with zero attached hydrogens (tertiary/aromatic N) is 1. The van der Waals surface area contributed by atoms with Crippen LogP contribution in [0.25, 0.3) is 0 Å². The minimum Gasteiger partial charge on any atom is -0.398 e. The van der Waals surface area contributed by atoms with Gasteiger partial charge in [-0.2, -0.15) is 0 Å². The lowest BCUT2D eigenvalue weighted by molar-refractivity contribution is 0.0907. The Kier molecular flexibility index (Phi) is 4.15. The minimum atomic E-state index is -0.169. The van der Waals surface area contributed by atoms with Crippen LogP contribution in [-0.2, 0) is 4.74 Å². The van der Waals surface area contributed by atoms with E-state index in [0.717, 1.165) is 31.6 Å². The van der Waals surface area contributed by atoms with Gasteiger partial charge < -0.3 is 15.8 Å². The average molecular weight is 249 g/mol. The monoisotopic (exact) mass is 249 g/mol. The number of rotatable bonds is 4. The van der Waals surface area contributed by atoms with E-state index in [2.05, 4.69) is 10.3 Å². The van der Waals surface area contributed by atoms with Crippen LogP contribution < -0.4 is 11.1 Å². The molecule has 1 atom stereocenters. The third kappa shape index (κ3) is 3.20. The number of nitrogens with one attached hydrogen (secondary N) is 1. The molecule has 1 aliphatic heterocycles. The number of amides is 1. The molecule has 0 aromatic carbocycles. The number of hydrogen-bond donors (Lipinski definition) is 2. The second-order valence-electron chi connectivity index (χ2n) is 4.59. The van der Waals surface area contributed by atoms with Crippen molar-refractivity contribution in [2.45, 2.75) is 32.3 Å². The maximum Gasteiger partial charge on any atom is 0.254 e. The number of nitrogens with two attached hydrogens (primary N) is 1. The third-order valence-electron chi connectivity index (χ3n) is 3.09. The normalized spacial score (nSPS) is 18.8. The molecule has 1 aromatic rings. The summed E-state index contributed by atoms with van der Waals surface area (Å²) in [6, 6.07) is 1.70. The Balaban J connectivity index is 1.83. The van der Waals surface area contributed by atoms with E-state index >= 15 is 0 Å². The highest BCUT2D eigenvalue weighted by molar-refractivity contribution is 5.98. The molecule has 1 aromatic heterocycles. The summed E-state index contributed by atoms with van der Waals surface area (Å²) in [6.07, 6.45) is 4.87. The lowest BCUT2D eigenvalue weighted by atomic mass is 10.1. The maximum atomic E-state index is 11.9. The van der Waals surface area contributed by atoms with Gasteiger partial charge in [0.2, 0.25) is 0 Å². The SMILES string of the molecule is Cc1cc(N)c(C(=O)NCCC2CCCO2)cn1. The summed E-state index contributed by atoms with van der Waals surface area (Å²) in [5, 5.41) is 2.85. The zero-order valence-electron chi connectivity index (χ0n) is 10.6. The van der Waals surface area contributed by atoms with Gasteiger partial charge in [-0.1, -0.05) is 0 Å². The smallest absolute Gasteiger partial charge is 0.254 e. The number of aromatic nitrogens is 1. The quantitative estimate of drug-likeness (QED) is 0.842. The standard InChI is InChI=1S/C13H19N3O2/c1-9-7-12(14)11(8-16-9)13(17)15-5-4-10-3-2-6-18-10/h7-8,10H,2-6H2,1H3,(H2,14,16)(H,15,17). The molecule has 5 heteroatoms. The van der Waals surface area contributed by atoms with Crippen LogP contribution in [0.15, 0.2) is 12.3 Å². The predicted octanol–water partition coefficient (Wildman–Crippen LogP) is 1.27. The van der Waals surface area contributed by atoms with Crippen LogP contribution in [0.1, 0.15) is 35.3 Å². The van der Waals surface area contributed by atoms with Crippen molar-refractivity contribution in [2.75, 3.05) is 18.9 Å². The largest absolute Gasteiger partial charge is 0.398 e. The van der Waals surface area contributed by atoms with E-state index in [4.69, 9.17) is 10.5 Å². The highest BCUT2D eigenvalue weighted by Crippen LogP contribution is 2.15. The first-order chi connectivity index (χ1) is 8.66. The molecule has 1 unspecified atom stereocenters. The lowest BCUT2D eigenvalue weighted by Crippen LogP contribution is -2.27. The van der Waals surface area contributed by atoms with Gasteiger partial charge in [-0.3, -0.25) is 9.78 Å². The van der Waals surface area contributed by atoms with Crippen molar-refractivity contribution in [3.63, 3.8) is 0 Å². The van der Waals surface area contributed by atoms with Crippen LogP contribution >= 0.6 is 0 Å². The zero-order chi connectivity index (χ0) is 13.0. The van der Waals surface area contributed by atoms with Gasteiger partial charge in [0.25, 0.3) is 5.91 Å². The van der Waals surface area contributed by atoms with E-state index in [0.29, 0.717) is 23.9 Å². The van der Waals surface area contributed by atoms with Crippen molar-refractivity contribution < 1.29 is 9.53 Å². The van der Waals surface area contributed by atoms with Crippen LogP contribution in [0, 0.1) is 6.92 Å². The molecule has 1 amide bonds. The molecule has 0 saturated carbocycles. The van der Waals surface area contributed by atoms with E-state index in [1.165, 1.54) is 6.20 Å². The number of aryl methyl sites for hydroxylation is 1. The summed E-state index contributed by atoms with van der Waals surface area (Å²) >= 11 is 0. The molecule has 2 rings (SSSR count). The summed E-state index contributed by atoms with van der Waals surface area (Å²) in [5.74, 6) is -0.169. The van der Waals surface area contributed by atoms with Crippen LogP contribution in [-0.4, -0.2) is 30.1 Å². The molecule has 3 N–H and O–H groups in total. The van der Waals surface area contributed by atoms with Crippen molar-refractivity contribution in [3.8, 4) is 0 Å². The minimum absolute atomic E-state index is 0.169. The molecule has 2 heterocycles. The summed E-state index contributed by atoms with van der Waals surface area (Å²) < 4.78 is 5.49. The fraction of sp³-hybridized carbons (Fsp3) is 0.538. The van der Waals surface area contributed by atoms with Gasteiger partial charge in [-0.05, 0) is 32.3 Å². The topological polar surface area (TPSA) is 77.2 Å². The first-order valence-corrected chi connectivity index (χ1v) is 6.29. The first kappa shape index (κ1) is 12.8. The van der Waals surface area contributed by atoms with Gasteiger partial charge in [-0.15, -0.1) is 0 Å². The Hall–Kier alpha value is -1.62. The fourth-order valence-corrected chi connectivity index (χ4v) is 2.08. The van der Waals surface area contributed by atoms with E-state index in [1.54, 1.807) is 6.07 Å².